The first-order valence-electron chi connectivity index (χ1n) is 13.6. The van der Waals surface area contributed by atoms with Crippen molar-refractivity contribution in [2.75, 3.05) is 69.6 Å². The second kappa shape index (κ2) is 11.2. The predicted octanol–water partition coefficient (Wildman–Crippen LogP) is 1.25. The highest BCUT2D eigenvalue weighted by atomic mass is 16.5. The molecular weight excluding hydrogens is 514 g/mol. The molecule has 1 saturated heterocycles. The van der Waals surface area contributed by atoms with E-state index in [1.54, 1.807) is 22.6 Å². The number of ether oxygens (including phenoxy) is 2. The second-order valence-corrected chi connectivity index (χ2v) is 9.80. The number of hydrogen-bond acceptors (Lipinski definition) is 10. The Morgan fingerprint density at radius 1 is 1.05 bits per heavy atom. The van der Waals surface area contributed by atoms with E-state index in [9.17, 15) is 4.79 Å². The molecular formula is C27H35N9O4. The molecule has 0 spiro atoms. The molecule has 0 amide bonds. The molecule has 2 N–H and O–H groups in total. The van der Waals surface area contributed by atoms with Crippen molar-refractivity contribution in [3.8, 4) is 5.75 Å². The van der Waals surface area contributed by atoms with Gasteiger partial charge < -0.3 is 18.8 Å². The van der Waals surface area contributed by atoms with Crippen LogP contribution in [0.3, 0.4) is 0 Å². The Bertz CT molecular complexity index is 1530. The zero-order valence-electron chi connectivity index (χ0n) is 22.9. The number of nitrogens with two attached hydrogens (primary N) is 1. The normalized spacial score (nSPS) is 16.0. The van der Waals surface area contributed by atoms with Crippen LogP contribution in [0.4, 0.5) is 11.5 Å². The fourth-order valence-corrected chi connectivity index (χ4v) is 5.35. The van der Waals surface area contributed by atoms with Crippen LogP contribution in [0.1, 0.15) is 18.4 Å². The second-order valence-electron chi connectivity index (χ2n) is 9.80. The minimum atomic E-state index is -0.104. The molecule has 1 aromatic carbocycles. The number of fused-ring (bicyclic) bond motifs is 3. The minimum absolute atomic E-state index is 0.104. The van der Waals surface area contributed by atoms with Gasteiger partial charge in [-0.25, -0.2) is 19.8 Å². The maximum absolute atomic E-state index is 13.5. The summed E-state index contributed by atoms with van der Waals surface area (Å²) < 4.78 is 21.6. The SMILES string of the molecule is CCn1c(=O)n(CCN2CCN(c3ccc(OCCOC)cc3)CC2)c2nc3c(n21)C(c1ccco1)=NCN3N. The van der Waals surface area contributed by atoms with Crippen molar-refractivity contribution in [3.63, 3.8) is 0 Å². The molecule has 0 saturated carbocycles. The van der Waals surface area contributed by atoms with Gasteiger partial charge in [0.2, 0.25) is 5.78 Å². The van der Waals surface area contributed by atoms with E-state index >= 15 is 0 Å². The third-order valence-electron chi connectivity index (χ3n) is 7.46. The average Bonchev–Trinajstić information content (AvgIpc) is 3.70. The fourth-order valence-electron chi connectivity index (χ4n) is 5.35. The number of imidazole rings is 1. The molecule has 212 valence electrons. The standard InChI is InChI=1S/C27H35N9O4/c1-3-35-27(37)33(26-30-25-24(36(26)35)23(29-19-34(25)28)22-5-4-16-40-22)15-12-31-10-13-32(14-11-31)20-6-8-21(9-7-20)39-18-17-38-2/h4-9,16H,3,10-15,17-19,28H2,1-2H3. The van der Waals surface area contributed by atoms with E-state index in [0.29, 0.717) is 55.1 Å². The molecule has 5 heterocycles. The average molecular weight is 550 g/mol. The van der Waals surface area contributed by atoms with Gasteiger partial charge in [-0.2, -0.15) is 4.98 Å². The first-order chi connectivity index (χ1) is 19.6. The van der Waals surface area contributed by atoms with E-state index < -0.39 is 0 Å². The van der Waals surface area contributed by atoms with Crippen LogP contribution in [0.5, 0.6) is 5.75 Å². The van der Waals surface area contributed by atoms with Crippen molar-refractivity contribution in [2.24, 2.45) is 10.8 Å². The van der Waals surface area contributed by atoms with Crippen LogP contribution in [-0.4, -0.2) is 89.1 Å². The predicted molar refractivity (Wildman–Crippen MR) is 151 cm³/mol. The van der Waals surface area contributed by atoms with Crippen LogP contribution in [0.15, 0.2) is 56.9 Å². The van der Waals surface area contributed by atoms with Gasteiger partial charge >= 0.3 is 5.69 Å². The van der Waals surface area contributed by atoms with E-state index in [-0.39, 0.29) is 12.4 Å². The summed E-state index contributed by atoms with van der Waals surface area (Å²) in [5, 5.41) is 1.50. The lowest BCUT2D eigenvalue weighted by atomic mass is 10.2. The zero-order valence-corrected chi connectivity index (χ0v) is 22.9. The van der Waals surface area contributed by atoms with Gasteiger partial charge in [0.05, 0.1) is 12.9 Å². The highest BCUT2D eigenvalue weighted by molar-refractivity contribution is 6.14. The number of rotatable bonds is 10. The summed E-state index contributed by atoms with van der Waals surface area (Å²) in [5.41, 5.74) is 2.38. The summed E-state index contributed by atoms with van der Waals surface area (Å²) in [4.78, 5) is 27.7. The molecule has 2 aliphatic heterocycles. The molecule has 0 aliphatic carbocycles. The topological polar surface area (TPSA) is 124 Å². The molecule has 13 heteroatoms. The highest BCUT2D eigenvalue weighted by Gasteiger charge is 2.31. The smallest absolute Gasteiger partial charge is 0.346 e. The molecule has 0 bridgehead atoms. The number of benzene rings is 1. The fraction of sp³-hybridized carbons (Fsp3) is 0.444. The number of nitrogens with zero attached hydrogens (tertiary/aromatic N) is 8. The van der Waals surface area contributed by atoms with Crippen LogP contribution in [0.25, 0.3) is 5.78 Å². The molecule has 4 aromatic rings. The number of aliphatic imine (C=N–C) groups is 1. The molecule has 2 aliphatic rings. The quantitative estimate of drug-likeness (QED) is 0.230. The molecule has 6 rings (SSSR count). The van der Waals surface area contributed by atoms with Gasteiger partial charge in [0.25, 0.3) is 0 Å². The van der Waals surface area contributed by atoms with Crippen molar-refractivity contribution in [1.82, 2.24) is 23.6 Å². The first kappa shape index (κ1) is 26.2. The van der Waals surface area contributed by atoms with Gasteiger partial charge in [-0.1, -0.05) is 0 Å². The van der Waals surface area contributed by atoms with Crippen LogP contribution in [0.2, 0.25) is 0 Å². The van der Waals surface area contributed by atoms with Gasteiger partial charge in [0, 0.05) is 58.6 Å². The molecule has 13 nitrogen and oxygen atoms in total. The summed E-state index contributed by atoms with van der Waals surface area (Å²) in [5.74, 6) is 8.84. The van der Waals surface area contributed by atoms with Crippen molar-refractivity contribution in [1.29, 1.82) is 0 Å². The lowest BCUT2D eigenvalue weighted by molar-refractivity contribution is 0.146. The van der Waals surface area contributed by atoms with Gasteiger partial charge in [-0.15, -0.1) is 0 Å². The van der Waals surface area contributed by atoms with Crippen molar-refractivity contribution in [2.45, 2.75) is 20.0 Å². The Kier molecular flexibility index (Phi) is 7.32. The summed E-state index contributed by atoms with van der Waals surface area (Å²) in [6.45, 7) is 8.69. The van der Waals surface area contributed by atoms with Crippen LogP contribution in [0, 0.1) is 0 Å². The third kappa shape index (κ3) is 4.76. The monoisotopic (exact) mass is 549 g/mol. The number of piperazine rings is 1. The van der Waals surface area contributed by atoms with Gasteiger partial charge in [-0.05, 0) is 43.3 Å². The Morgan fingerprint density at radius 2 is 1.85 bits per heavy atom. The maximum atomic E-state index is 13.5. The summed E-state index contributed by atoms with van der Waals surface area (Å²) in [6, 6.07) is 11.9. The number of hydrogen-bond donors (Lipinski definition) is 1. The van der Waals surface area contributed by atoms with E-state index in [1.165, 1.54) is 10.7 Å². The molecule has 3 aromatic heterocycles. The lowest BCUT2D eigenvalue weighted by Crippen LogP contribution is -2.47. The van der Waals surface area contributed by atoms with E-state index in [2.05, 4.69) is 26.9 Å². The lowest BCUT2D eigenvalue weighted by Gasteiger charge is -2.36. The van der Waals surface area contributed by atoms with Crippen LogP contribution < -0.4 is 26.2 Å². The molecule has 1 fully saturated rings. The molecule has 40 heavy (non-hydrogen) atoms. The van der Waals surface area contributed by atoms with E-state index in [4.69, 9.17) is 24.7 Å². The first-order valence-corrected chi connectivity index (χ1v) is 13.6. The molecule has 0 radical (unpaired) electrons. The van der Waals surface area contributed by atoms with E-state index in [0.717, 1.165) is 38.5 Å². The van der Waals surface area contributed by atoms with Crippen molar-refractivity contribution >= 4 is 23.0 Å². The zero-order chi connectivity index (χ0) is 27.6. The highest BCUT2D eigenvalue weighted by Crippen LogP contribution is 2.27. The minimum Gasteiger partial charge on any atom is -0.491 e. The van der Waals surface area contributed by atoms with E-state index in [1.807, 2.05) is 35.7 Å². The van der Waals surface area contributed by atoms with Crippen molar-refractivity contribution in [3.05, 3.63) is 64.6 Å². The van der Waals surface area contributed by atoms with Gasteiger partial charge in [0.1, 0.15) is 30.4 Å². The molecule has 0 unspecified atom stereocenters. The van der Waals surface area contributed by atoms with Gasteiger partial charge in [-0.3, -0.25) is 19.5 Å². The summed E-state index contributed by atoms with van der Waals surface area (Å²) in [6.07, 6.45) is 1.61. The van der Waals surface area contributed by atoms with Crippen LogP contribution in [-0.2, 0) is 17.8 Å². The number of hydrazine groups is 1. The Labute approximate surface area is 231 Å². The van der Waals surface area contributed by atoms with Crippen LogP contribution >= 0.6 is 0 Å². The maximum Gasteiger partial charge on any atom is 0.346 e. The molecule has 0 atom stereocenters. The Hall–Kier alpha value is -4.07. The number of anilines is 2. The van der Waals surface area contributed by atoms with Crippen molar-refractivity contribution < 1.29 is 13.9 Å². The number of aryl methyl sites for hydroxylation is 1. The summed E-state index contributed by atoms with van der Waals surface area (Å²) >= 11 is 0. The third-order valence-corrected chi connectivity index (χ3v) is 7.46. The van der Waals surface area contributed by atoms with Gasteiger partial charge in [0.15, 0.2) is 11.6 Å². The Morgan fingerprint density at radius 3 is 2.55 bits per heavy atom. The largest absolute Gasteiger partial charge is 0.491 e. The Balaban J connectivity index is 1.16. The number of furan rings is 1. The number of aromatic nitrogens is 4. The summed E-state index contributed by atoms with van der Waals surface area (Å²) in [7, 11) is 1.67. The number of methoxy groups -OCH3 is 1.